The Hall–Kier alpha value is -2.77. The van der Waals surface area contributed by atoms with Crippen LogP contribution in [0.15, 0.2) is 18.2 Å². The average molecular weight is 366 g/mol. The standard InChI is InChI=1S/C18H26N2O6/c1-5-9-19-17(22)12(3)20-16(21)11-26-18(23)13-7-8-14(24-4)15(10-13)25-6-2/h7-8,10,12H,5-6,9,11H2,1-4H3,(H,19,22)(H,20,21)/t12-/m0/s1. The zero-order valence-corrected chi connectivity index (χ0v) is 15.6. The summed E-state index contributed by atoms with van der Waals surface area (Å²) in [6.45, 7) is 5.76. The van der Waals surface area contributed by atoms with Crippen LogP contribution in [-0.4, -0.2) is 50.7 Å². The zero-order chi connectivity index (χ0) is 19.5. The Morgan fingerprint density at radius 2 is 1.88 bits per heavy atom. The largest absolute Gasteiger partial charge is 0.493 e. The molecular formula is C18H26N2O6. The van der Waals surface area contributed by atoms with Gasteiger partial charge in [0.25, 0.3) is 5.91 Å². The van der Waals surface area contributed by atoms with E-state index in [1.54, 1.807) is 13.0 Å². The van der Waals surface area contributed by atoms with Gasteiger partial charge in [0.2, 0.25) is 5.91 Å². The molecule has 0 heterocycles. The molecule has 1 atom stereocenters. The Morgan fingerprint density at radius 1 is 1.15 bits per heavy atom. The van der Waals surface area contributed by atoms with E-state index in [2.05, 4.69) is 10.6 Å². The lowest BCUT2D eigenvalue weighted by atomic mass is 10.2. The van der Waals surface area contributed by atoms with Crippen molar-refractivity contribution >= 4 is 17.8 Å². The van der Waals surface area contributed by atoms with Crippen molar-refractivity contribution in [2.24, 2.45) is 0 Å². The lowest BCUT2D eigenvalue weighted by molar-refractivity contribution is -0.130. The van der Waals surface area contributed by atoms with Gasteiger partial charge < -0.3 is 24.8 Å². The van der Waals surface area contributed by atoms with Gasteiger partial charge in [-0.25, -0.2) is 4.79 Å². The van der Waals surface area contributed by atoms with E-state index in [0.29, 0.717) is 24.7 Å². The van der Waals surface area contributed by atoms with Crippen LogP contribution >= 0.6 is 0 Å². The lowest BCUT2D eigenvalue weighted by Crippen LogP contribution is -2.46. The van der Waals surface area contributed by atoms with Gasteiger partial charge in [0.1, 0.15) is 6.04 Å². The first-order valence-corrected chi connectivity index (χ1v) is 8.47. The summed E-state index contributed by atoms with van der Waals surface area (Å²) >= 11 is 0. The van der Waals surface area contributed by atoms with Gasteiger partial charge in [-0.05, 0) is 38.5 Å². The number of hydrogen-bond acceptors (Lipinski definition) is 6. The SMILES string of the molecule is CCCNC(=O)[C@H](C)NC(=O)COC(=O)c1ccc(OC)c(OCC)c1. The minimum Gasteiger partial charge on any atom is -0.493 e. The number of nitrogens with one attached hydrogen (secondary N) is 2. The molecule has 0 radical (unpaired) electrons. The van der Waals surface area contributed by atoms with Crippen LogP contribution in [0.2, 0.25) is 0 Å². The molecule has 26 heavy (non-hydrogen) atoms. The molecule has 0 bridgehead atoms. The van der Waals surface area contributed by atoms with Gasteiger partial charge in [-0.2, -0.15) is 0 Å². The lowest BCUT2D eigenvalue weighted by Gasteiger charge is -2.14. The van der Waals surface area contributed by atoms with Crippen LogP contribution in [0.5, 0.6) is 11.5 Å². The number of amides is 2. The predicted molar refractivity (Wildman–Crippen MR) is 95.4 cm³/mol. The maximum Gasteiger partial charge on any atom is 0.338 e. The third-order valence-electron chi connectivity index (χ3n) is 3.35. The molecule has 8 nitrogen and oxygen atoms in total. The quantitative estimate of drug-likeness (QED) is 0.605. The smallest absolute Gasteiger partial charge is 0.338 e. The van der Waals surface area contributed by atoms with E-state index < -0.39 is 24.5 Å². The summed E-state index contributed by atoms with van der Waals surface area (Å²) in [6.07, 6.45) is 0.801. The third kappa shape index (κ3) is 6.62. The van der Waals surface area contributed by atoms with Gasteiger partial charge in [0, 0.05) is 6.54 Å². The molecule has 0 spiro atoms. The second-order valence-corrected chi connectivity index (χ2v) is 5.46. The van der Waals surface area contributed by atoms with Crippen LogP contribution in [0.25, 0.3) is 0 Å². The van der Waals surface area contributed by atoms with Crippen LogP contribution in [-0.2, 0) is 14.3 Å². The van der Waals surface area contributed by atoms with Crippen molar-refractivity contribution in [2.75, 3.05) is 26.9 Å². The first-order valence-electron chi connectivity index (χ1n) is 8.47. The van der Waals surface area contributed by atoms with Gasteiger partial charge >= 0.3 is 5.97 Å². The number of benzene rings is 1. The van der Waals surface area contributed by atoms with Crippen molar-refractivity contribution in [2.45, 2.75) is 33.2 Å². The molecule has 0 saturated carbocycles. The van der Waals surface area contributed by atoms with E-state index in [0.717, 1.165) is 6.42 Å². The summed E-state index contributed by atoms with van der Waals surface area (Å²) in [6, 6.07) is 3.88. The second kappa shape index (κ2) is 11.0. The third-order valence-corrected chi connectivity index (χ3v) is 3.35. The molecule has 1 aromatic carbocycles. The van der Waals surface area contributed by atoms with Crippen molar-refractivity contribution in [3.05, 3.63) is 23.8 Å². The summed E-state index contributed by atoms with van der Waals surface area (Å²) in [5, 5.41) is 5.14. The van der Waals surface area contributed by atoms with Crippen LogP contribution in [0.1, 0.15) is 37.6 Å². The van der Waals surface area contributed by atoms with Crippen molar-refractivity contribution in [1.82, 2.24) is 10.6 Å². The maximum atomic E-state index is 12.1. The fourth-order valence-corrected chi connectivity index (χ4v) is 2.04. The first-order chi connectivity index (χ1) is 12.4. The number of carbonyl (C=O) groups excluding carboxylic acids is 3. The minimum absolute atomic E-state index is 0.232. The maximum absolute atomic E-state index is 12.1. The van der Waals surface area contributed by atoms with E-state index in [1.165, 1.54) is 19.2 Å². The highest BCUT2D eigenvalue weighted by molar-refractivity contribution is 5.93. The average Bonchev–Trinajstić information content (AvgIpc) is 2.64. The number of methoxy groups -OCH3 is 1. The molecule has 2 N–H and O–H groups in total. The number of rotatable bonds is 10. The molecule has 1 rings (SSSR count). The molecule has 0 fully saturated rings. The van der Waals surface area contributed by atoms with Crippen molar-refractivity contribution < 1.29 is 28.6 Å². The summed E-state index contributed by atoms with van der Waals surface area (Å²) in [5.41, 5.74) is 0.232. The molecule has 0 aromatic heterocycles. The summed E-state index contributed by atoms with van der Waals surface area (Å²) in [7, 11) is 1.50. The predicted octanol–water partition coefficient (Wildman–Crippen LogP) is 1.28. The molecule has 1 aromatic rings. The molecular weight excluding hydrogens is 340 g/mol. The van der Waals surface area contributed by atoms with Crippen LogP contribution in [0, 0.1) is 0 Å². The van der Waals surface area contributed by atoms with E-state index in [4.69, 9.17) is 14.2 Å². The molecule has 0 aliphatic carbocycles. The van der Waals surface area contributed by atoms with Gasteiger partial charge in [-0.3, -0.25) is 9.59 Å². The Balaban J connectivity index is 2.56. The molecule has 0 saturated heterocycles. The molecule has 0 unspecified atom stereocenters. The molecule has 2 amide bonds. The number of carbonyl (C=O) groups is 3. The van der Waals surface area contributed by atoms with Gasteiger partial charge in [0.15, 0.2) is 18.1 Å². The van der Waals surface area contributed by atoms with Crippen LogP contribution < -0.4 is 20.1 Å². The fraction of sp³-hybridized carbons (Fsp3) is 0.500. The first kappa shape index (κ1) is 21.3. The van der Waals surface area contributed by atoms with Crippen LogP contribution in [0.3, 0.4) is 0 Å². The van der Waals surface area contributed by atoms with Gasteiger partial charge in [-0.15, -0.1) is 0 Å². The Bertz CT molecular complexity index is 632. The molecule has 8 heteroatoms. The van der Waals surface area contributed by atoms with Crippen LogP contribution in [0.4, 0.5) is 0 Å². The Kier molecular flexibility index (Phi) is 8.97. The number of ether oxygens (including phenoxy) is 3. The second-order valence-electron chi connectivity index (χ2n) is 5.46. The summed E-state index contributed by atoms with van der Waals surface area (Å²) in [5.74, 6) is -0.617. The molecule has 0 aliphatic heterocycles. The monoisotopic (exact) mass is 366 g/mol. The van der Waals surface area contributed by atoms with Crippen molar-refractivity contribution in [3.63, 3.8) is 0 Å². The van der Waals surface area contributed by atoms with Gasteiger partial charge in [0.05, 0.1) is 19.3 Å². The number of hydrogen-bond donors (Lipinski definition) is 2. The zero-order valence-electron chi connectivity index (χ0n) is 15.6. The van der Waals surface area contributed by atoms with Crippen molar-refractivity contribution in [1.29, 1.82) is 0 Å². The van der Waals surface area contributed by atoms with E-state index >= 15 is 0 Å². The summed E-state index contributed by atoms with van der Waals surface area (Å²) in [4.78, 5) is 35.6. The minimum atomic E-state index is -0.710. The highest BCUT2D eigenvalue weighted by atomic mass is 16.5. The summed E-state index contributed by atoms with van der Waals surface area (Å²) < 4.78 is 15.5. The normalized spacial score (nSPS) is 11.2. The van der Waals surface area contributed by atoms with E-state index in [1.807, 2.05) is 13.8 Å². The highest BCUT2D eigenvalue weighted by Gasteiger charge is 2.17. The molecule has 0 aliphatic rings. The topological polar surface area (TPSA) is 103 Å². The highest BCUT2D eigenvalue weighted by Crippen LogP contribution is 2.28. The Morgan fingerprint density at radius 3 is 2.50 bits per heavy atom. The Labute approximate surface area is 153 Å². The van der Waals surface area contributed by atoms with Gasteiger partial charge in [-0.1, -0.05) is 6.92 Å². The van der Waals surface area contributed by atoms with E-state index in [9.17, 15) is 14.4 Å². The number of esters is 1. The van der Waals surface area contributed by atoms with Crippen molar-refractivity contribution in [3.8, 4) is 11.5 Å². The van der Waals surface area contributed by atoms with E-state index in [-0.39, 0.29) is 11.5 Å². The fourth-order valence-electron chi connectivity index (χ4n) is 2.04. The molecule has 144 valence electrons.